The molecule has 9 heteroatoms. The number of rotatable bonds is 6. The van der Waals surface area contributed by atoms with Gasteiger partial charge >= 0.3 is 11.7 Å². The summed E-state index contributed by atoms with van der Waals surface area (Å²) in [5.74, 6) is 1.19. The topological polar surface area (TPSA) is 114 Å². The lowest BCUT2D eigenvalue weighted by atomic mass is 9.98. The molecule has 1 aliphatic heterocycles. The maximum Gasteiger partial charge on any atom is 0.330 e. The van der Waals surface area contributed by atoms with E-state index in [-0.39, 0.29) is 17.9 Å². The minimum atomic E-state index is -0.778. The van der Waals surface area contributed by atoms with Crippen LogP contribution >= 0.6 is 0 Å². The van der Waals surface area contributed by atoms with Crippen molar-refractivity contribution in [1.82, 2.24) is 14.9 Å². The largest absolute Gasteiger partial charge is 0.493 e. The molecule has 0 saturated carbocycles. The van der Waals surface area contributed by atoms with Gasteiger partial charge in [-0.2, -0.15) is 0 Å². The molecule has 2 heterocycles. The number of aromatic nitrogens is 2. The van der Waals surface area contributed by atoms with Crippen LogP contribution in [-0.4, -0.2) is 29.3 Å². The number of ether oxygens (including phenoxy) is 2. The highest BCUT2D eigenvalue weighted by atomic mass is 16.5. The smallest absolute Gasteiger partial charge is 0.330 e. The van der Waals surface area contributed by atoms with Crippen molar-refractivity contribution in [3.05, 3.63) is 86.1 Å². The minimum Gasteiger partial charge on any atom is -0.493 e. The Labute approximate surface area is 177 Å². The van der Waals surface area contributed by atoms with Crippen LogP contribution in [-0.2, 0) is 6.54 Å². The molecule has 0 bridgehead atoms. The summed E-state index contributed by atoms with van der Waals surface area (Å²) in [6.45, 7) is 2.52. The predicted octanol–water partition coefficient (Wildman–Crippen LogP) is 2.22. The Morgan fingerprint density at radius 3 is 2.52 bits per heavy atom. The van der Waals surface area contributed by atoms with Crippen molar-refractivity contribution in [1.29, 1.82) is 0 Å². The van der Waals surface area contributed by atoms with E-state index >= 15 is 0 Å². The summed E-state index contributed by atoms with van der Waals surface area (Å²) in [6, 6.07) is 13.2. The highest BCUT2D eigenvalue weighted by Crippen LogP contribution is 2.34. The summed E-state index contributed by atoms with van der Waals surface area (Å²) < 4.78 is 12.3. The number of amides is 2. The first-order valence-electron chi connectivity index (χ1n) is 9.81. The van der Waals surface area contributed by atoms with Crippen molar-refractivity contribution in [3.63, 3.8) is 0 Å². The second-order valence-corrected chi connectivity index (χ2v) is 6.97. The van der Waals surface area contributed by atoms with E-state index in [2.05, 4.69) is 15.6 Å². The summed E-state index contributed by atoms with van der Waals surface area (Å²) in [6.07, 6.45) is 0. The number of benzene rings is 2. The molecule has 2 amide bonds. The van der Waals surface area contributed by atoms with E-state index in [0.717, 1.165) is 5.56 Å². The number of methoxy groups -OCH3 is 1. The van der Waals surface area contributed by atoms with Gasteiger partial charge in [0.1, 0.15) is 5.82 Å². The van der Waals surface area contributed by atoms with Crippen LogP contribution in [0.1, 0.15) is 29.7 Å². The van der Waals surface area contributed by atoms with Crippen LogP contribution < -0.4 is 31.4 Å². The third-order valence-electron chi connectivity index (χ3n) is 5.04. The van der Waals surface area contributed by atoms with Gasteiger partial charge in [-0.3, -0.25) is 19.7 Å². The maximum absolute atomic E-state index is 12.8. The molecule has 1 aromatic heterocycles. The fourth-order valence-electron chi connectivity index (χ4n) is 3.64. The standard InChI is InChI=1S/C22H22N4O5/c1-3-31-15-10-9-14(11-16(15)30-2)18-17-19(24-21(28)23-18)26(22(29)25-20(17)27)12-13-7-5-4-6-8-13/h4-11,18H,3,12H2,1-2H3,(H2,23,24,28)(H,25,27,29). The van der Waals surface area contributed by atoms with E-state index in [0.29, 0.717) is 23.7 Å². The van der Waals surface area contributed by atoms with Gasteiger partial charge in [-0.1, -0.05) is 36.4 Å². The molecular formula is C22H22N4O5. The number of nitrogens with zero attached hydrogens (tertiary/aromatic N) is 1. The third kappa shape index (κ3) is 3.89. The van der Waals surface area contributed by atoms with Crippen LogP contribution in [0.3, 0.4) is 0 Å². The number of nitrogens with one attached hydrogen (secondary N) is 3. The summed E-state index contributed by atoms with van der Waals surface area (Å²) in [5, 5.41) is 5.39. The third-order valence-corrected chi connectivity index (χ3v) is 5.04. The molecule has 0 radical (unpaired) electrons. The molecule has 0 fully saturated rings. The highest BCUT2D eigenvalue weighted by molar-refractivity contribution is 5.92. The van der Waals surface area contributed by atoms with E-state index in [4.69, 9.17) is 9.47 Å². The number of H-pyrrole nitrogens is 1. The van der Waals surface area contributed by atoms with Gasteiger partial charge in [-0.15, -0.1) is 0 Å². The first-order chi connectivity index (χ1) is 15.0. The first-order valence-corrected chi connectivity index (χ1v) is 9.81. The molecular weight excluding hydrogens is 400 g/mol. The van der Waals surface area contributed by atoms with Gasteiger partial charge in [-0.05, 0) is 30.2 Å². The Bertz CT molecular complexity index is 1230. The number of carbonyl (C=O) groups is 1. The van der Waals surface area contributed by atoms with Gasteiger partial charge in [0.25, 0.3) is 5.56 Å². The molecule has 4 rings (SSSR count). The predicted molar refractivity (Wildman–Crippen MR) is 115 cm³/mol. The fourth-order valence-corrected chi connectivity index (χ4v) is 3.64. The van der Waals surface area contributed by atoms with Crippen LogP contribution in [0.5, 0.6) is 11.5 Å². The molecule has 3 aromatic rings. The number of fused-ring (bicyclic) bond motifs is 1. The minimum absolute atomic E-state index is 0.166. The fraction of sp³-hybridized carbons (Fsp3) is 0.227. The number of hydrogen-bond donors (Lipinski definition) is 3. The SMILES string of the molecule is CCOc1ccc(C2NC(=O)Nc3c2c(=O)[nH]c(=O)n3Cc2ccccc2)cc1OC. The van der Waals surface area contributed by atoms with Crippen LogP contribution in [0.15, 0.2) is 58.1 Å². The Morgan fingerprint density at radius 1 is 1.03 bits per heavy atom. The molecule has 0 spiro atoms. The van der Waals surface area contributed by atoms with Crippen LogP contribution in [0, 0.1) is 0 Å². The van der Waals surface area contributed by atoms with Gasteiger partial charge in [0.15, 0.2) is 11.5 Å². The highest BCUT2D eigenvalue weighted by Gasteiger charge is 2.32. The van der Waals surface area contributed by atoms with Gasteiger partial charge < -0.3 is 14.8 Å². The number of hydrogen-bond acceptors (Lipinski definition) is 5. The summed E-state index contributed by atoms with van der Waals surface area (Å²) in [5.41, 5.74) is 0.534. The Hall–Kier alpha value is -4.01. The Kier molecular flexibility index (Phi) is 5.48. The molecule has 1 unspecified atom stereocenters. The lowest BCUT2D eigenvalue weighted by Crippen LogP contribution is -2.46. The number of urea groups is 1. The van der Waals surface area contributed by atoms with Gasteiger partial charge in [0.2, 0.25) is 0 Å². The maximum atomic E-state index is 12.8. The van der Waals surface area contributed by atoms with Crippen LogP contribution in [0.4, 0.5) is 10.6 Å². The number of carbonyl (C=O) groups excluding carboxylic acids is 1. The van der Waals surface area contributed by atoms with Crippen LogP contribution in [0.2, 0.25) is 0 Å². The van der Waals surface area contributed by atoms with Gasteiger partial charge in [0, 0.05) is 0 Å². The Balaban J connectivity index is 1.85. The lowest BCUT2D eigenvalue weighted by molar-refractivity contribution is 0.248. The average Bonchev–Trinajstić information content (AvgIpc) is 2.77. The quantitative estimate of drug-likeness (QED) is 0.564. The Morgan fingerprint density at radius 2 is 1.81 bits per heavy atom. The molecule has 0 saturated heterocycles. The molecule has 0 aliphatic carbocycles. The van der Waals surface area contributed by atoms with E-state index in [1.807, 2.05) is 37.3 Å². The van der Waals surface area contributed by atoms with Gasteiger partial charge in [0.05, 0.1) is 31.9 Å². The normalized spacial score (nSPS) is 14.9. The first kappa shape index (κ1) is 20.3. The molecule has 3 N–H and O–H groups in total. The molecule has 2 aromatic carbocycles. The van der Waals surface area contributed by atoms with Crippen molar-refractivity contribution in [2.45, 2.75) is 19.5 Å². The number of aromatic amines is 1. The van der Waals surface area contributed by atoms with Crippen molar-refractivity contribution in [2.75, 3.05) is 19.0 Å². The summed E-state index contributed by atoms with van der Waals surface area (Å²) in [7, 11) is 1.51. The lowest BCUT2D eigenvalue weighted by Gasteiger charge is -2.29. The zero-order valence-corrected chi connectivity index (χ0v) is 17.1. The molecule has 31 heavy (non-hydrogen) atoms. The van der Waals surface area contributed by atoms with E-state index < -0.39 is 23.3 Å². The van der Waals surface area contributed by atoms with Crippen molar-refractivity contribution < 1.29 is 14.3 Å². The van der Waals surface area contributed by atoms with Crippen molar-refractivity contribution in [3.8, 4) is 11.5 Å². The average molecular weight is 422 g/mol. The second kappa shape index (κ2) is 8.39. The van der Waals surface area contributed by atoms with Crippen LogP contribution in [0.25, 0.3) is 0 Å². The molecule has 1 atom stereocenters. The summed E-state index contributed by atoms with van der Waals surface area (Å²) >= 11 is 0. The second-order valence-electron chi connectivity index (χ2n) is 6.97. The molecule has 1 aliphatic rings. The van der Waals surface area contributed by atoms with E-state index in [1.54, 1.807) is 18.2 Å². The van der Waals surface area contributed by atoms with Gasteiger partial charge in [-0.25, -0.2) is 9.59 Å². The zero-order valence-electron chi connectivity index (χ0n) is 17.1. The monoisotopic (exact) mass is 422 g/mol. The van der Waals surface area contributed by atoms with Crippen molar-refractivity contribution >= 4 is 11.8 Å². The molecule has 9 nitrogen and oxygen atoms in total. The van der Waals surface area contributed by atoms with E-state index in [9.17, 15) is 14.4 Å². The van der Waals surface area contributed by atoms with E-state index in [1.165, 1.54) is 11.7 Å². The summed E-state index contributed by atoms with van der Waals surface area (Å²) in [4.78, 5) is 40.2. The molecule has 160 valence electrons. The number of anilines is 1. The van der Waals surface area contributed by atoms with Crippen molar-refractivity contribution in [2.24, 2.45) is 0 Å². The zero-order chi connectivity index (χ0) is 22.0.